The molecule has 0 aliphatic rings. The number of ether oxygens (including phenoxy) is 2. The second-order valence-electron chi connectivity index (χ2n) is 5.73. The number of rotatable bonds is 4. The summed E-state index contributed by atoms with van der Waals surface area (Å²) in [7, 11) is 3.05. The number of hydrogen-bond acceptors (Lipinski definition) is 5. The van der Waals surface area contributed by atoms with E-state index in [4.69, 9.17) is 9.47 Å². The van der Waals surface area contributed by atoms with Gasteiger partial charge in [-0.1, -0.05) is 24.8 Å². The Kier molecular flexibility index (Phi) is 4.85. The van der Waals surface area contributed by atoms with Gasteiger partial charge in [0.15, 0.2) is 11.5 Å². The van der Waals surface area contributed by atoms with E-state index < -0.39 is 11.5 Å². The van der Waals surface area contributed by atoms with Gasteiger partial charge in [0.25, 0.3) is 11.5 Å². The third-order valence-corrected chi connectivity index (χ3v) is 4.06. The maximum atomic E-state index is 12.7. The highest BCUT2D eigenvalue weighted by molar-refractivity contribution is 5.97. The number of carbonyl (C=O) groups excluding carboxylic acids is 1. The fourth-order valence-corrected chi connectivity index (χ4v) is 2.67. The Morgan fingerprint density at radius 2 is 1.85 bits per heavy atom. The Labute approximate surface area is 154 Å². The molecule has 0 radical (unpaired) electrons. The summed E-state index contributed by atoms with van der Waals surface area (Å²) in [6.45, 7) is 3.79. The van der Waals surface area contributed by atoms with Crippen LogP contribution in [0.4, 0.5) is 0 Å². The monoisotopic (exact) mass is 366 g/mol. The lowest BCUT2D eigenvalue weighted by molar-refractivity contribution is 0.0938. The third-order valence-electron chi connectivity index (χ3n) is 4.06. The first-order valence-corrected chi connectivity index (χ1v) is 8.02. The first kappa shape index (κ1) is 18.1. The van der Waals surface area contributed by atoms with E-state index in [0.29, 0.717) is 17.1 Å². The van der Waals surface area contributed by atoms with Crippen LogP contribution in [0.15, 0.2) is 47.3 Å². The van der Waals surface area contributed by atoms with E-state index in [-0.39, 0.29) is 21.9 Å². The SMILES string of the molecule is C=c1[nH]n(C(=O)c2ccccc2O)c(=O)c1=Cc1ccc(OC)c(OC)c1. The number of aromatic hydroxyl groups is 1. The molecule has 3 aromatic rings. The highest BCUT2D eigenvalue weighted by Gasteiger charge is 2.16. The number of nitrogens with zero attached hydrogens (tertiary/aromatic N) is 1. The van der Waals surface area contributed by atoms with Crippen molar-refractivity contribution in [1.82, 2.24) is 9.78 Å². The summed E-state index contributed by atoms with van der Waals surface area (Å²) in [5.74, 6) is 0.193. The molecule has 0 aliphatic carbocycles. The van der Waals surface area contributed by atoms with Gasteiger partial charge in [-0.25, -0.2) is 0 Å². The van der Waals surface area contributed by atoms with Crippen molar-refractivity contribution in [2.45, 2.75) is 0 Å². The number of methoxy groups -OCH3 is 2. The van der Waals surface area contributed by atoms with E-state index >= 15 is 0 Å². The molecule has 27 heavy (non-hydrogen) atoms. The summed E-state index contributed by atoms with van der Waals surface area (Å²) in [6.07, 6.45) is 1.59. The summed E-state index contributed by atoms with van der Waals surface area (Å²) < 4.78 is 11.3. The van der Waals surface area contributed by atoms with Gasteiger partial charge in [-0.3, -0.25) is 14.7 Å². The molecule has 0 saturated carbocycles. The van der Waals surface area contributed by atoms with E-state index in [1.165, 1.54) is 26.4 Å². The van der Waals surface area contributed by atoms with E-state index in [0.717, 1.165) is 4.68 Å². The third kappa shape index (κ3) is 3.35. The number of phenols is 1. The molecule has 1 heterocycles. The standard InChI is InChI=1S/C20H18N2O5/c1-12-15(10-13-8-9-17(26-2)18(11-13)27-3)20(25)22(21-12)19(24)14-6-4-5-7-16(14)23/h4-11,21,23H,1H2,2-3H3. The van der Waals surface area contributed by atoms with Crippen molar-refractivity contribution in [3.8, 4) is 17.2 Å². The molecular weight excluding hydrogens is 348 g/mol. The van der Waals surface area contributed by atoms with Crippen molar-refractivity contribution in [2.24, 2.45) is 0 Å². The van der Waals surface area contributed by atoms with Gasteiger partial charge >= 0.3 is 0 Å². The van der Waals surface area contributed by atoms with Crippen LogP contribution in [0.25, 0.3) is 12.7 Å². The molecule has 0 unspecified atom stereocenters. The smallest absolute Gasteiger partial charge is 0.283 e. The maximum Gasteiger partial charge on any atom is 0.283 e. The van der Waals surface area contributed by atoms with Crippen LogP contribution in [0.3, 0.4) is 0 Å². The van der Waals surface area contributed by atoms with Gasteiger partial charge in [-0.05, 0) is 35.9 Å². The number of aromatic amines is 1. The van der Waals surface area contributed by atoms with Crippen LogP contribution in [0.1, 0.15) is 15.9 Å². The molecule has 0 fully saturated rings. The molecule has 0 spiro atoms. The fraction of sp³-hybridized carbons (Fsp3) is 0.100. The minimum Gasteiger partial charge on any atom is -0.507 e. The van der Waals surface area contributed by atoms with Gasteiger partial charge in [0.05, 0.1) is 30.4 Å². The zero-order chi connectivity index (χ0) is 19.6. The van der Waals surface area contributed by atoms with Crippen molar-refractivity contribution in [3.05, 3.63) is 74.5 Å². The zero-order valence-corrected chi connectivity index (χ0v) is 14.9. The number of carbonyl (C=O) groups is 1. The van der Waals surface area contributed by atoms with E-state index in [9.17, 15) is 14.7 Å². The van der Waals surface area contributed by atoms with Gasteiger partial charge < -0.3 is 14.6 Å². The predicted octanol–water partition coefficient (Wildman–Crippen LogP) is 0.827. The molecule has 0 saturated heterocycles. The Balaban J connectivity index is 2.11. The Bertz CT molecular complexity index is 1170. The van der Waals surface area contributed by atoms with Crippen LogP contribution >= 0.6 is 0 Å². The molecule has 7 nitrogen and oxygen atoms in total. The molecule has 0 amide bonds. The minimum absolute atomic E-state index is 0.0125. The van der Waals surface area contributed by atoms with Crippen LogP contribution in [-0.2, 0) is 0 Å². The minimum atomic E-state index is -0.671. The molecular formula is C20H18N2O5. The van der Waals surface area contributed by atoms with Crippen molar-refractivity contribution < 1.29 is 19.4 Å². The lowest BCUT2D eigenvalue weighted by atomic mass is 10.1. The fourth-order valence-electron chi connectivity index (χ4n) is 2.67. The molecule has 138 valence electrons. The van der Waals surface area contributed by atoms with E-state index in [2.05, 4.69) is 11.7 Å². The Hall–Kier alpha value is -3.74. The summed E-state index contributed by atoms with van der Waals surface area (Å²) >= 11 is 0. The number of para-hydroxylation sites is 1. The summed E-state index contributed by atoms with van der Waals surface area (Å²) in [5.41, 5.74) is 0.123. The van der Waals surface area contributed by atoms with Crippen molar-refractivity contribution >= 4 is 18.6 Å². The van der Waals surface area contributed by atoms with Gasteiger partial charge in [0, 0.05) is 0 Å². The van der Waals surface area contributed by atoms with Crippen molar-refractivity contribution in [2.75, 3.05) is 14.2 Å². The predicted molar refractivity (Wildman–Crippen MR) is 101 cm³/mol. The molecule has 1 aromatic heterocycles. The maximum absolute atomic E-state index is 12.7. The number of aromatic nitrogens is 2. The number of phenolic OH excluding ortho intramolecular Hbond substituents is 1. The average molecular weight is 366 g/mol. The van der Waals surface area contributed by atoms with Crippen molar-refractivity contribution in [3.63, 3.8) is 0 Å². The molecule has 2 N–H and O–H groups in total. The van der Waals surface area contributed by atoms with Gasteiger partial charge in [-0.2, -0.15) is 4.68 Å². The highest BCUT2D eigenvalue weighted by atomic mass is 16.5. The Morgan fingerprint density at radius 3 is 2.52 bits per heavy atom. The molecule has 0 atom stereocenters. The van der Waals surface area contributed by atoms with Gasteiger partial charge in [-0.15, -0.1) is 0 Å². The first-order valence-electron chi connectivity index (χ1n) is 8.02. The summed E-state index contributed by atoms with van der Waals surface area (Å²) in [6, 6.07) is 11.2. The van der Waals surface area contributed by atoms with Gasteiger partial charge in [0.2, 0.25) is 0 Å². The molecule has 0 bridgehead atoms. The topological polar surface area (TPSA) is 93.6 Å². The van der Waals surface area contributed by atoms with Crippen LogP contribution in [0, 0.1) is 0 Å². The number of benzene rings is 2. The second-order valence-corrected chi connectivity index (χ2v) is 5.73. The van der Waals surface area contributed by atoms with Gasteiger partial charge in [0.1, 0.15) is 5.75 Å². The van der Waals surface area contributed by atoms with E-state index in [1.54, 1.807) is 36.4 Å². The zero-order valence-electron chi connectivity index (χ0n) is 14.9. The largest absolute Gasteiger partial charge is 0.507 e. The molecule has 3 rings (SSSR count). The molecule has 7 heteroatoms. The normalized spacial score (nSPS) is 11.4. The van der Waals surface area contributed by atoms with E-state index in [1.807, 2.05) is 0 Å². The van der Waals surface area contributed by atoms with Crippen molar-refractivity contribution in [1.29, 1.82) is 0 Å². The highest BCUT2D eigenvalue weighted by Crippen LogP contribution is 2.27. The molecule has 2 aromatic carbocycles. The lowest BCUT2D eigenvalue weighted by Gasteiger charge is -2.07. The summed E-state index contributed by atoms with van der Waals surface area (Å²) in [4.78, 5) is 25.3. The first-order chi connectivity index (χ1) is 13.0. The lowest BCUT2D eigenvalue weighted by Crippen LogP contribution is -2.36. The summed E-state index contributed by atoms with van der Waals surface area (Å²) in [5, 5.41) is 13.0. The second kappa shape index (κ2) is 7.25. The number of nitrogens with one attached hydrogen (secondary N) is 1. The number of H-pyrrole nitrogens is 1. The van der Waals surface area contributed by atoms with Crippen LogP contribution in [-0.4, -0.2) is 35.0 Å². The number of hydrogen-bond donors (Lipinski definition) is 2. The molecule has 0 aliphatic heterocycles. The Morgan fingerprint density at radius 1 is 1.15 bits per heavy atom. The average Bonchev–Trinajstić information content (AvgIpc) is 2.96. The quantitative estimate of drug-likeness (QED) is 0.713. The van der Waals surface area contributed by atoms with Crippen LogP contribution in [0.2, 0.25) is 0 Å². The van der Waals surface area contributed by atoms with Crippen LogP contribution in [0.5, 0.6) is 17.2 Å². The van der Waals surface area contributed by atoms with Crippen LogP contribution < -0.4 is 25.6 Å².